The SMILES string of the molecule is CO[Si](CCCC(CC(=O)O)C(=O)O)(OC)c1ccccc1. The van der Waals surface area contributed by atoms with Gasteiger partial charge in [-0.15, -0.1) is 0 Å². The maximum atomic E-state index is 11.1. The zero-order valence-corrected chi connectivity index (χ0v) is 13.8. The summed E-state index contributed by atoms with van der Waals surface area (Å²) in [5, 5.41) is 18.8. The first-order valence-electron chi connectivity index (χ1n) is 7.05. The standard InChI is InChI=1S/C15H22O6Si/c1-20-22(21-2,13-8-4-3-5-9-13)10-6-7-12(15(18)19)11-14(16)17/h3-5,8-9,12H,6-7,10-11H2,1-2H3,(H,16,17)(H,18,19). The Balaban J connectivity index is 2.73. The minimum absolute atomic E-state index is 0.288. The van der Waals surface area contributed by atoms with Crippen LogP contribution >= 0.6 is 0 Å². The Labute approximate surface area is 130 Å². The van der Waals surface area contributed by atoms with Gasteiger partial charge < -0.3 is 19.1 Å². The fourth-order valence-corrected chi connectivity index (χ4v) is 5.17. The van der Waals surface area contributed by atoms with Gasteiger partial charge >= 0.3 is 20.5 Å². The molecular formula is C15H22O6Si. The Hall–Kier alpha value is -1.70. The molecule has 2 N–H and O–H groups in total. The molecule has 22 heavy (non-hydrogen) atoms. The molecule has 1 aromatic carbocycles. The van der Waals surface area contributed by atoms with Crippen LogP contribution < -0.4 is 5.19 Å². The molecule has 0 aliphatic rings. The molecule has 0 heterocycles. The smallest absolute Gasteiger partial charge is 0.371 e. The number of carbonyl (C=O) groups is 2. The minimum atomic E-state index is -2.60. The van der Waals surface area contributed by atoms with E-state index in [1.807, 2.05) is 30.3 Å². The first kappa shape index (κ1) is 18.3. The molecule has 6 nitrogen and oxygen atoms in total. The van der Waals surface area contributed by atoms with Crippen molar-refractivity contribution in [3.63, 3.8) is 0 Å². The monoisotopic (exact) mass is 326 g/mol. The van der Waals surface area contributed by atoms with E-state index < -0.39 is 26.4 Å². The van der Waals surface area contributed by atoms with Crippen molar-refractivity contribution in [2.24, 2.45) is 5.92 Å². The number of benzene rings is 1. The minimum Gasteiger partial charge on any atom is -0.481 e. The van der Waals surface area contributed by atoms with Crippen molar-refractivity contribution in [3.05, 3.63) is 30.3 Å². The van der Waals surface area contributed by atoms with E-state index in [2.05, 4.69) is 0 Å². The summed E-state index contributed by atoms with van der Waals surface area (Å²) in [6.07, 6.45) is 0.457. The van der Waals surface area contributed by atoms with E-state index in [0.717, 1.165) is 5.19 Å². The van der Waals surface area contributed by atoms with E-state index in [9.17, 15) is 9.59 Å². The molecule has 0 spiro atoms. The zero-order valence-electron chi connectivity index (χ0n) is 12.8. The number of hydrogen-bond donors (Lipinski definition) is 2. The van der Waals surface area contributed by atoms with Gasteiger partial charge in [-0.2, -0.15) is 0 Å². The van der Waals surface area contributed by atoms with Gasteiger partial charge in [0, 0.05) is 14.2 Å². The number of aliphatic carboxylic acids is 2. The topological polar surface area (TPSA) is 93.1 Å². The van der Waals surface area contributed by atoms with E-state index in [4.69, 9.17) is 19.1 Å². The van der Waals surface area contributed by atoms with Gasteiger partial charge in [0.2, 0.25) is 0 Å². The highest BCUT2D eigenvalue weighted by Crippen LogP contribution is 2.20. The van der Waals surface area contributed by atoms with E-state index in [1.54, 1.807) is 14.2 Å². The van der Waals surface area contributed by atoms with Crippen LogP contribution in [0, 0.1) is 5.92 Å². The molecular weight excluding hydrogens is 304 g/mol. The zero-order chi connectivity index (χ0) is 16.6. The largest absolute Gasteiger partial charge is 0.481 e. The molecule has 1 atom stereocenters. The average molecular weight is 326 g/mol. The Kier molecular flexibility index (Phi) is 7.23. The number of carboxylic acids is 2. The van der Waals surface area contributed by atoms with Gasteiger partial charge in [-0.05, 0) is 17.7 Å². The predicted octanol–water partition coefficient (Wildman–Crippen LogP) is 1.58. The maximum absolute atomic E-state index is 11.1. The molecule has 0 radical (unpaired) electrons. The van der Waals surface area contributed by atoms with Gasteiger partial charge in [0.1, 0.15) is 0 Å². The van der Waals surface area contributed by atoms with Crippen molar-refractivity contribution in [2.45, 2.75) is 25.3 Å². The molecule has 0 fully saturated rings. The van der Waals surface area contributed by atoms with Gasteiger partial charge in [-0.1, -0.05) is 36.8 Å². The third kappa shape index (κ3) is 4.94. The second-order valence-corrected chi connectivity index (χ2v) is 8.45. The molecule has 0 saturated carbocycles. The molecule has 122 valence electrons. The van der Waals surface area contributed by atoms with Crippen molar-refractivity contribution >= 4 is 25.7 Å². The van der Waals surface area contributed by atoms with Crippen LogP contribution in [0.25, 0.3) is 0 Å². The summed E-state index contributed by atoms with van der Waals surface area (Å²) in [5.74, 6) is -3.06. The normalized spacial score (nSPS) is 12.8. The highest BCUT2D eigenvalue weighted by atomic mass is 28.4. The lowest BCUT2D eigenvalue weighted by atomic mass is 10.0. The summed E-state index contributed by atoms with van der Waals surface area (Å²) >= 11 is 0. The van der Waals surface area contributed by atoms with Gasteiger partial charge in [0.05, 0.1) is 12.3 Å². The molecule has 1 aromatic rings. The highest BCUT2D eigenvalue weighted by Gasteiger charge is 2.37. The summed E-state index contributed by atoms with van der Waals surface area (Å²) < 4.78 is 11.3. The Morgan fingerprint density at radius 2 is 1.73 bits per heavy atom. The van der Waals surface area contributed by atoms with Crippen LogP contribution in [0.15, 0.2) is 30.3 Å². The lowest BCUT2D eigenvalue weighted by Gasteiger charge is -2.28. The highest BCUT2D eigenvalue weighted by molar-refractivity contribution is 6.81. The van der Waals surface area contributed by atoms with Crippen LogP contribution in [0.2, 0.25) is 6.04 Å². The van der Waals surface area contributed by atoms with Gasteiger partial charge in [-0.25, -0.2) is 0 Å². The summed E-state index contributed by atoms with van der Waals surface area (Å²) in [6, 6.07) is 10.2. The summed E-state index contributed by atoms with van der Waals surface area (Å²) in [7, 11) is 0.582. The molecule has 1 rings (SSSR count). The average Bonchev–Trinajstić information content (AvgIpc) is 2.51. The lowest BCUT2D eigenvalue weighted by Crippen LogP contribution is -2.52. The molecule has 0 bridgehead atoms. The van der Waals surface area contributed by atoms with Gasteiger partial charge in [0.25, 0.3) is 0 Å². The molecule has 0 aromatic heterocycles. The van der Waals surface area contributed by atoms with Crippen LogP contribution in [-0.2, 0) is 18.4 Å². The van der Waals surface area contributed by atoms with Crippen molar-refractivity contribution in [1.29, 1.82) is 0 Å². The third-order valence-electron chi connectivity index (χ3n) is 3.70. The fourth-order valence-electron chi connectivity index (χ4n) is 2.46. The van der Waals surface area contributed by atoms with Gasteiger partial charge in [0.15, 0.2) is 0 Å². The van der Waals surface area contributed by atoms with E-state index in [-0.39, 0.29) is 12.8 Å². The summed E-state index contributed by atoms with van der Waals surface area (Å²) in [5.41, 5.74) is 0. The lowest BCUT2D eigenvalue weighted by molar-refractivity contribution is -0.148. The quantitative estimate of drug-likeness (QED) is 0.634. The van der Waals surface area contributed by atoms with Crippen LogP contribution in [-0.4, -0.2) is 44.9 Å². The van der Waals surface area contributed by atoms with Crippen LogP contribution in [0.5, 0.6) is 0 Å². The Bertz CT molecular complexity index is 486. The van der Waals surface area contributed by atoms with Crippen molar-refractivity contribution in [1.82, 2.24) is 0 Å². The van der Waals surface area contributed by atoms with Crippen LogP contribution in [0.3, 0.4) is 0 Å². The fraction of sp³-hybridized carbons (Fsp3) is 0.467. The molecule has 7 heteroatoms. The summed E-state index contributed by atoms with van der Waals surface area (Å²) in [4.78, 5) is 21.8. The van der Waals surface area contributed by atoms with E-state index in [1.165, 1.54) is 0 Å². The second kappa shape index (κ2) is 8.67. The molecule has 0 aliphatic heterocycles. The Morgan fingerprint density at radius 1 is 1.14 bits per heavy atom. The maximum Gasteiger partial charge on any atom is 0.371 e. The number of rotatable bonds is 10. The first-order valence-corrected chi connectivity index (χ1v) is 9.08. The van der Waals surface area contributed by atoms with Crippen LogP contribution in [0.4, 0.5) is 0 Å². The Morgan fingerprint density at radius 3 is 2.18 bits per heavy atom. The van der Waals surface area contributed by atoms with E-state index >= 15 is 0 Å². The second-order valence-electron chi connectivity index (χ2n) is 5.05. The van der Waals surface area contributed by atoms with Crippen molar-refractivity contribution in [2.75, 3.05) is 14.2 Å². The van der Waals surface area contributed by atoms with Crippen molar-refractivity contribution < 1.29 is 28.7 Å². The van der Waals surface area contributed by atoms with Gasteiger partial charge in [-0.3, -0.25) is 9.59 Å². The van der Waals surface area contributed by atoms with Crippen molar-refractivity contribution in [3.8, 4) is 0 Å². The summed E-state index contributed by atoms with van der Waals surface area (Å²) in [6.45, 7) is 0. The molecule has 0 saturated heterocycles. The predicted molar refractivity (Wildman–Crippen MR) is 83.3 cm³/mol. The molecule has 1 unspecified atom stereocenters. The third-order valence-corrected chi connectivity index (χ3v) is 7.25. The molecule has 0 aliphatic carbocycles. The van der Waals surface area contributed by atoms with E-state index in [0.29, 0.717) is 12.5 Å². The van der Waals surface area contributed by atoms with Crippen LogP contribution in [0.1, 0.15) is 19.3 Å². The first-order chi connectivity index (χ1) is 10.4. The molecule has 0 amide bonds. The number of hydrogen-bond acceptors (Lipinski definition) is 4. The number of carboxylic acid groups (broad SMARTS) is 2.